The molecule has 5 nitrogen and oxygen atoms in total. The molecule has 0 heterocycles. The maximum atomic E-state index is 9.00. The van der Waals surface area contributed by atoms with E-state index in [0.717, 1.165) is 6.92 Å². The van der Waals surface area contributed by atoms with Crippen molar-refractivity contribution in [3.05, 3.63) is 0 Å². The minimum absolute atomic E-state index is 0. The van der Waals surface area contributed by atoms with Crippen LogP contribution in [0.4, 0.5) is 0 Å². The van der Waals surface area contributed by atoms with Crippen LogP contribution in [0.2, 0.25) is 0 Å². The smallest absolute Gasteiger partial charge is 0.300 e. The summed E-state index contributed by atoms with van der Waals surface area (Å²) in [6.07, 6.45) is 0. The minimum atomic E-state index is -0.833. The molecule has 0 rings (SSSR count). The molecule has 0 aliphatic carbocycles. The van der Waals surface area contributed by atoms with E-state index < -0.39 is 5.97 Å². The van der Waals surface area contributed by atoms with E-state index in [1.165, 1.54) is 0 Å². The van der Waals surface area contributed by atoms with Crippen molar-refractivity contribution < 1.29 is 46.4 Å². The van der Waals surface area contributed by atoms with Gasteiger partial charge in [-0.1, -0.05) is 0 Å². The molecule has 57 valence electrons. The first-order valence-electron chi connectivity index (χ1n) is 0.928. The van der Waals surface area contributed by atoms with E-state index in [2.05, 4.69) is 0 Å². The molecule has 0 aliphatic heterocycles. The van der Waals surface area contributed by atoms with Gasteiger partial charge in [-0.3, -0.25) is 4.79 Å². The molecule has 0 unspecified atom stereocenters. The fraction of sp³-hybridized carbons (Fsp3) is 0.500. The van der Waals surface area contributed by atoms with Crippen molar-refractivity contribution in [3.8, 4) is 0 Å². The Morgan fingerprint density at radius 1 is 1.25 bits per heavy atom. The topological polar surface area (TPSA) is 132 Å². The molecule has 0 aromatic rings. The summed E-state index contributed by atoms with van der Waals surface area (Å²) in [7, 11) is 0. The first-order chi connectivity index (χ1) is 1.73. The van der Waals surface area contributed by atoms with E-state index in [-0.39, 0.29) is 36.5 Å². The minimum Gasteiger partial charge on any atom is -0.481 e. The first-order valence-corrected chi connectivity index (χ1v) is 0.928. The molecule has 0 aliphatic rings. The van der Waals surface area contributed by atoms with Gasteiger partial charge in [-0.15, -0.1) is 0 Å². The summed E-state index contributed by atoms with van der Waals surface area (Å²) in [6.45, 7) is 1.08. The number of hydrogen-bond acceptors (Lipinski definition) is 1. The molecule has 0 atom stereocenters. The first kappa shape index (κ1) is 43.6. The van der Waals surface area contributed by atoms with Crippen LogP contribution in [0, 0.1) is 0 Å². The Bertz CT molecular complexity index is 33.4. The Kier molecular flexibility index (Phi) is 152. The molecule has 0 amide bonds. The molecular formula is C2H10IrO5. The molecule has 6 heteroatoms. The van der Waals surface area contributed by atoms with Gasteiger partial charge >= 0.3 is 0 Å². The quantitative estimate of drug-likeness (QED) is 0.535. The van der Waals surface area contributed by atoms with Gasteiger partial charge < -0.3 is 21.5 Å². The van der Waals surface area contributed by atoms with Crippen molar-refractivity contribution in [3.63, 3.8) is 0 Å². The Hall–Kier alpha value is -0.000649. The van der Waals surface area contributed by atoms with Crippen molar-refractivity contribution in [2.24, 2.45) is 0 Å². The summed E-state index contributed by atoms with van der Waals surface area (Å²) in [5.41, 5.74) is 0. The van der Waals surface area contributed by atoms with Gasteiger partial charge in [-0.25, -0.2) is 0 Å². The second-order valence-corrected chi connectivity index (χ2v) is 0.519. The van der Waals surface area contributed by atoms with E-state index in [1.54, 1.807) is 0 Å². The Balaban J connectivity index is -0.00000000750. The zero-order chi connectivity index (χ0) is 3.58. The number of carboxylic acid groups (broad SMARTS) is 1. The van der Waals surface area contributed by atoms with E-state index >= 15 is 0 Å². The number of aliphatic carboxylic acids is 1. The second kappa shape index (κ2) is 28.0. The number of carboxylic acids is 1. The fourth-order valence-corrected chi connectivity index (χ4v) is 0. The predicted molar refractivity (Wildman–Crippen MR) is 24.2 cm³/mol. The zero-order valence-corrected chi connectivity index (χ0v) is 6.58. The average Bonchev–Trinajstić information content (AvgIpc) is 0.811. The number of carbonyl (C=O) groups is 1. The molecule has 0 fully saturated rings. The normalized spacial score (nSPS) is 3.12. The van der Waals surface area contributed by atoms with Gasteiger partial charge in [0.05, 0.1) is 0 Å². The number of rotatable bonds is 0. The van der Waals surface area contributed by atoms with Gasteiger partial charge in [0.1, 0.15) is 0 Å². The molecule has 7 N–H and O–H groups in total. The molecule has 0 saturated heterocycles. The Labute approximate surface area is 60.0 Å². The van der Waals surface area contributed by atoms with E-state index in [0.29, 0.717) is 0 Å². The summed E-state index contributed by atoms with van der Waals surface area (Å²) in [4.78, 5) is 9.00. The van der Waals surface area contributed by atoms with Gasteiger partial charge in [-0.05, 0) is 0 Å². The van der Waals surface area contributed by atoms with E-state index in [1.807, 2.05) is 0 Å². The summed E-state index contributed by atoms with van der Waals surface area (Å²) < 4.78 is 0. The zero-order valence-electron chi connectivity index (χ0n) is 4.19. The van der Waals surface area contributed by atoms with Crippen molar-refractivity contribution >= 4 is 5.97 Å². The van der Waals surface area contributed by atoms with Crippen LogP contribution in [0.15, 0.2) is 0 Å². The van der Waals surface area contributed by atoms with Gasteiger partial charge in [-0.2, -0.15) is 0 Å². The molecular weight excluding hydrogens is 296 g/mol. The van der Waals surface area contributed by atoms with Crippen molar-refractivity contribution in [2.45, 2.75) is 6.92 Å². The number of hydrogen-bond donors (Lipinski definition) is 1. The Morgan fingerprint density at radius 2 is 1.25 bits per heavy atom. The third-order valence-electron chi connectivity index (χ3n) is 0. The van der Waals surface area contributed by atoms with Crippen LogP contribution in [-0.2, 0) is 24.9 Å². The second-order valence-electron chi connectivity index (χ2n) is 0.519. The summed E-state index contributed by atoms with van der Waals surface area (Å²) in [5.74, 6) is -0.833. The van der Waals surface area contributed by atoms with Crippen LogP contribution in [-0.4, -0.2) is 27.5 Å². The molecule has 0 aromatic carbocycles. The maximum Gasteiger partial charge on any atom is 0.300 e. The maximum absolute atomic E-state index is 9.00. The third-order valence-corrected chi connectivity index (χ3v) is 0. The van der Waals surface area contributed by atoms with Crippen molar-refractivity contribution in [2.75, 3.05) is 0 Å². The van der Waals surface area contributed by atoms with Crippen molar-refractivity contribution in [1.29, 1.82) is 0 Å². The molecule has 8 heavy (non-hydrogen) atoms. The monoisotopic (exact) mass is 307 g/mol. The van der Waals surface area contributed by atoms with E-state index in [4.69, 9.17) is 9.90 Å². The Morgan fingerprint density at radius 3 is 1.25 bits per heavy atom. The van der Waals surface area contributed by atoms with Crippen LogP contribution in [0.1, 0.15) is 6.92 Å². The summed E-state index contributed by atoms with van der Waals surface area (Å²) in [6, 6.07) is 0. The van der Waals surface area contributed by atoms with Crippen LogP contribution in [0.3, 0.4) is 0 Å². The fourth-order valence-electron chi connectivity index (χ4n) is 0. The van der Waals surface area contributed by atoms with Crippen molar-refractivity contribution in [1.82, 2.24) is 0 Å². The molecule has 0 spiro atoms. The van der Waals surface area contributed by atoms with Gasteiger partial charge in [0.15, 0.2) is 0 Å². The molecule has 1 radical (unpaired) electrons. The SMILES string of the molecule is CC(=O)O.O.O.O.[Ir]. The summed E-state index contributed by atoms with van der Waals surface area (Å²) in [5, 5.41) is 7.42. The van der Waals surface area contributed by atoms with Gasteiger partial charge in [0.25, 0.3) is 5.97 Å². The largest absolute Gasteiger partial charge is 0.481 e. The van der Waals surface area contributed by atoms with Crippen LogP contribution < -0.4 is 0 Å². The third kappa shape index (κ3) is 356000000. The van der Waals surface area contributed by atoms with Crippen LogP contribution >= 0.6 is 0 Å². The van der Waals surface area contributed by atoms with Crippen LogP contribution in [0.25, 0.3) is 0 Å². The summed E-state index contributed by atoms with van der Waals surface area (Å²) >= 11 is 0. The standard InChI is InChI=1S/C2H4O2.Ir.3H2O/c1-2(3)4;;;;/h1H3,(H,3,4);;3*1H2. The predicted octanol–water partition coefficient (Wildman–Crippen LogP) is -2.39. The molecule has 0 saturated carbocycles. The van der Waals surface area contributed by atoms with Crippen LogP contribution in [0.5, 0.6) is 0 Å². The molecule has 0 aromatic heterocycles. The molecule has 0 bridgehead atoms. The van der Waals surface area contributed by atoms with Gasteiger partial charge in [0, 0.05) is 27.0 Å². The van der Waals surface area contributed by atoms with E-state index in [9.17, 15) is 0 Å². The average molecular weight is 306 g/mol. The van der Waals surface area contributed by atoms with Gasteiger partial charge in [0.2, 0.25) is 0 Å².